The highest BCUT2D eigenvalue weighted by atomic mass is 16.5. The fraction of sp³-hybridized carbons (Fsp3) is 1.00. The summed E-state index contributed by atoms with van der Waals surface area (Å²) in [4.78, 5) is 0. The van der Waals surface area contributed by atoms with Crippen molar-refractivity contribution in [2.75, 3.05) is 20.2 Å². The molecular formula is C12H23NO. The Kier molecular flexibility index (Phi) is 3.45. The van der Waals surface area contributed by atoms with Gasteiger partial charge in [0.2, 0.25) is 0 Å². The van der Waals surface area contributed by atoms with E-state index in [0.29, 0.717) is 0 Å². The summed E-state index contributed by atoms with van der Waals surface area (Å²) in [5.74, 6) is 0.829. The van der Waals surface area contributed by atoms with Gasteiger partial charge in [0.1, 0.15) is 0 Å². The standard InChI is InChI=1S/C12H23NO/c1-13-10-12(8-4-5-9-14-12)11-6-2-3-7-11/h11,13H,2-10H2,1H3. The maximum Gasteiger partial charge on any atom is 0.0834 e. The monoisotopic (exact) mass is 197 g/mol. The molecule has 0 aromatic heterocycles. The van der Waals surface area contributed by atoms with Crippen molar-refractivity contribution >= 4 is 0 Å². The van der Waals surface area contributed by atoms with Crippen LogP contribution in [0.2, 0.25) is 0 Å². The van der Waals surface area contributed by atoms with E-state index >= 15 is 0 Å². The highest BCUT2D eigenvalue weighted by Crippen LogP contribution is 2.41. The molecule has 1 unspecified atom stereocenters. The quantitative estimate of drug-likeness (QED) is 0.750. The van der Waals surface area contributed by atoms with E-state index in [0.717, 1.165) is 19.1 Å². The van der Waals surface area contributed by atoms with Crippen molar-refractivity contribution in [3.63, 3.8) is 0 Å². The fourth-order valence-corrected chi connectivity index (χ4v) is 3.23. The van der Waals surface area contributed by atoms with E-state index in [4.69, 9.17) is 4.74 Å². The predicted molar refractivity (Wildman–Crippen MR) is 58.4 cm³/mol. The molecule has 0 radical (unpaired) electrons. The lowest BCUT2D eigenvalue weighted by atomic mass is 9.80. The summed E-state index contributed by atoms with van der Waals surface area (Å²) in [6.07, 6.45) is 9.51. The molecule has 1 saturated carbocycles. The molecule has 0 spiro atoms. The van der Waals surface area contributed by atoms with Crippen LogP contribution in [0.4, 0.5) is 0 Å². The third kappa shape index (κ3) is 1.96. The molecule has 1 N–H and O–H groups in total. The van der Waals surface area contributed by atoms with Gasteiger partial charge in [-0.1, -0.05) is 12.8 Å². The molecule has 14 heavy (non-hydrogen) atoms. The van der Waals surface area contributed by atoms with Gasteiger partial charge < -0.3 is 10.1 Å². The average molecular weight is 197 g/mol. The Morgan fingerprint density at radius 3 is 2.57 bits per heavy atom. The van der Waals surface area contributed by atoms with Crippen molar-refractivity contribution < 1.29 is 4.74 Å². The molecule has 1 aliphatic carbocycles. The van der Waals surface area contributed by atoms with E-state index in [2.05, 4.69) is 12.4 Å². The number of likely N-dealkylation sites (N-methyl/N-ethyl adjacent to an activating group) is 1. The SMILES string of the molecule is CNCC1(C2CCCC2)CCCCO1. The Hall–Kier alpha value is -0.0800. The van der Waals surface area contributed by atoms with E-state index in [1.807, 2.05) is 0 Å². The maximum atomic E-state index is 6.13. The summed E-state index contributed by atoms with van der Waals surface area (Å²) < 4.78 is 6.13. The van der Waals surface area contributed by atoms with Crippen LogP contribution in [0.3, 0.4) is 0 Å². The molecule has 0 amide bonds. The molecule has 0 aromatic rings. The molecule has 1 saturated heterocycles. The van der Waals surface area contributed by atoms with Crippen LogP contribution in [-0.2, 0) is 4.74 Å². The van der Waals surface area contributed by atoms with Crippen LogP contribution in [0.25, 0.3) is 0 Å². The molecule has 2 aliphatic rings. The molecular weight excluding hydrogens is 174 g/mol. The molecule has 2 nitrogen and oxygen atoms in total. The first-order valence-corrected chi connectivity index (χ1v) is 6.16. The summed E-state index contributed by atoms with van der Waals surface area (Å²) in [7, 11) is 2.05. The third-order valence-electron chi connectivity index (χ3n) is 3.96. The Morgan fingerprint density at radius 1 is 1.21 bits per heavy atom. The molecule has 2 fully saturated rings. The zero-order valence-electron chi connectivity index (χ0n) is 9.35. The van der Waals surface area contributed by atoms with Gasteiger partial charge in [0.05, 0.1) is 5.60 Å². The van der Waals surface area contributed by atoms with Crippen LogP contribution >= 0.6 is 0 Å². The van der Waals surface area contributed by atoms with E-state index in [-0.39, 0.29) is 5.60 Å². The fourth-order valence-electron chi connectivity index (χ4n) is 3.23. The highest BCUT2D eigenvalue weighted by Gasteiger charge is 2.41. The first-order valence-electron chi connectivity index (χ1n) is 6.16. The topological polar surface area (TPSA) is 21.3 Å². The highest BCUT2D eigenvalue weighted by molar-refractivity contribution is 4.94. The smallest absolute Gasteiger partial charge is 0.0834 e. The molecule has 1 aliphatic heterocycles. The Morgan fingerprint density at radius 2 is 2.00 bits per heavy atom. The number of hydrogen-bond donors (Lipinski definition) is 1. The molecule has 1 atom stereocenters. The average Bonchev–Trinajstić information content (AvgIpc) is 2.73. The van der Waals surface area contributed by atoms with E-state index in [9.17, 15) is 0 Å². The largest absolute Gasteiger partial charge is 0.373 e. The zero-order valence-corrected chi connectivity index (χ0v) is 9.35. The minimum absolute atomic E-state index is 0.198. The van der Waals surface area contributed by atoms with Gasteiger partial charge in [0.25, 0.3) is 0 Å². The summed E-state index contributed by atoms with van der Waals surface area (Å²) in [5, 5.41) is 3.33. The Balaban J connectivity index is 2.02. The van der Waals surface area contributed by atoms with Crippen molar-refractivity contribution in [2.45, 2.75) is 50.5 Å². The molecule has 2 rings (SSSR count). The molecule has 0 bridgehead atoms. The van der Waals surface area contributed by atoms with Crippen molar-refractivity contribution in [2.24, 2.45) is 5.92 Å². The van der Waals surface area contributed by atoms with Gasteiger partial charge in [-0.15, -0.1) is 0 Å². The lowest BCUT2D eigenvalue weighted by Gasteiger charge is -2.42. The van der Waals surface area contributed by atoms with Crippen LogP contribution in [0.5, 0.6) is 0 Å². The third-order valence-corrected chi connectivity index (χ3v) is 3.96. The van der Waals surface area contributed by atoms with Crippen LogP contribution in [-0.4, -0.2) is 25.8 Å². The summed E-state index contributed by atoms with van der Waals surface area (Å²) in [6, 6.07) is 0. The van der Waals surface area contributed by atoms with Crippen molar-refractivity contribution in [1.29, 1.82) is 0 Å². The Labute approximate surface area is 87.4 Å². The van der Waals surface area contributed by atoms with Crippen molar-refractivity contribution in [3.8, 4) is 0 Å². The second-order valence-electron chi connectivity index (χ2n) is 4.88. The van der Waals surface area contributed by atoms with E-state index in [1.54, 1.807) is 0 Å². The van der Waals surface area contributed by atoms with Gasteiger partial charge in [0.15, 0.2) is 0 Å². The van der Waals surface area contributed by atoms with Gasteiger partial charge in [-0.05, 0) is 45.1 Å². The van der Waals surface area contributed by atoms with E-state index in [1.165, 1.54) is 44.9 Å². The lowest BCUT2D eigenvalue weighted by Crippen LogP contribution is -2.49. The van der Waals surface area contributed by atoms with Gasteiger partial charge in [-0.25, -0.2) is 0 Å². The number of nitrogens with one attached hydrogen (secondary N) is 1. The Bertz CT molecular complexity index is 164. The zero-order chi connectivity index (χ0) is 9.86. The molecule has 2 heteroatoms. The van der Waals surface area contributed by atoms with Gasteiger partial charge in [-0.2, -0.15) is 0 Å². The summed E-state index contributed by atoms with van der Waals surface area (Å²) in [5.41, 5.74) is 0.198. The first-order chi connectivity index (χ1) is 6.87. The van der Waals surface area contributed by atoms with Crippen LogP contribution in [0.1, 0.15) is 44.9 Å². The second kappa shape index (κ2) is 4.63. The van der Waals surface area contributed by atoms with Crippen molar-refractivity contribution in [1.82, 2.24) is 5.32 Å². The molecule has 0 aromatic carbocycles. The van der Waals surface area contributed by atoms with Gasteiger partial charge in [0, 0.05) is 13.2 Å². The van der Waals surface area contributed by atoms with Gasteiger partial charge in [-0.3, -0.25) is 0 Å². The second-order valence-corrected chi connectivity index (χ2v) is 4.88. The van der Waals surface area contributed by atoms with E-state index < -0.39 is 0 Å². The van der Waals surface area contributed by atoms with Gasteiger partial charge >= 0.3 is 0 Å². The lowest BCUT2D eigenvalue weighted by molar-refractivity contribution is -0.112. The number of rotatable bonds is 3. The number of ether oxygens (including phenoxy) is 1. The van der Waals surface area contributed by atoms with Crippen molar-refractivity contribution in [3.05, 3.63) is 0 Å². The normalized spacial score (nSPS) is 34.9. The van der Waals surface area contributed by atoms with Crippen LogP contribution in [0.15, 0.2) is 0 Å². The predicted octanol–water partition coefficient (Wildman–Crippen LogP) is 2.34. The maximum absolute atomic E-state index is 6.13. The number of hydrogen-bond acceptors (Lipinski definition) is 2. The summed E-state index contributed by atoms with van der Waals surface area (Å²) in [6.45, 7) is 2.04. The summed E-state index contributed by atoms with van der Waals surface area (Å²) >= 11 is 0. The van der Waals surface area contributed by atoms with Crippen LogP contribution in [0, 0.1) is 5.92 Å². The minimum Gasteiger partial charge on any atom is -0.373 e. The molecule has 1 heterocycles. The molecule has 82 valence electrons. The first kappa shape index (κ1) is 10.4. The van der Waals surface area contributed by atoms with Crippen LogP contribution < -0.4 is 5.32 Å². The minimum atomic E-state index is 0.198.